The standard InChI is InChI=1S/C20H26O4/c1-13-6-4-7-14(2)10-11-17-15(3)20(23)24-18(17)12-16(19(21)22)9-5-8-13/h6,9-10,17-18H,3-5,7-8,11-12H2,1-2H3,(H,21,22)/b13-6+,14-10+,16-9+/t17-,18+/m1/s1. The SMILES string of the molecule is C=C1C(=O)O[C@H]2C/C(C(=O)O)=C\CC/C(C)=C/CC/C(C)=C/C[C@H]12. The van der Waals surface area contributed by atoms with E-state index in [0.717, 1.165) is 19.3 Å². The van der Waals surface area contributed by atoms with Crippen molar-refractivity contribution in [3.8, 4) is 0 Å². The lowest BCUT2D eigenvalue weighted by Crippen LogP contribution is -2.19. The number of rotatable bonds is 1. The minimum Gasteiger partial charge on any atom is -0.478 e. The van der Waals surface area contributed by atoms with Crippen LogP contribution in [0, 0.1) is 5.92 Å². The summed E-state index contributed by atoms with van der Waals surface area (Å²) >= 11 is 0. The molecule has 0 radical (unpaired) electrons. The Bertz CT molecular complexity index is 622. The number of fused-ring (bicyclic) bond motifs is 1. The summed E-state index contributed by atoms with van der Waals surface area (Å²) in [6, 6.07) is 0. The first kappa shape index (κ1) is 18.2. The van der Waals surface area contributed by atoms with Crippen molar-refractivity contribution in [2.75, 3.05) is 0 Å². The van der Waals surface area contributed by atoms with Crippen LogP contribution in [0.3, 0.4) is 0 Å². The molecule has 1 aliphatic heterocycles. The quantitative estimate of drug-likeness (QED) is 0.441. The first-order valence-electron chi connectivity index (χ1n) is 8.52. The van der Waals surface area contributed by atoms with E-state index in [4.69, 9.17) is 4.74 Å². The Labute approximate surface area is 143 Å². The van der Waals surface area contributed by atoms with Gasteiger partial charge in [-0.25, -0.2) is 9.59 Å². The maximum absolute atomic E-state index is 11.9. The van der Waals surface area contributed by atoms with Crippen LogP contribution >= 0.6 is 0 Å². The number of carbonyl (C=O) groups is 2. The molecule has 0 amide bonds. The fourth-order valence-electron chi connectivity index (χ4n) is 3.18. The summed E-state index contributed by atoms with van der Waals surface area (Å²) in [5.41, 5.74) is 3.32. The molecule has 0 aromatic carbocycles. The van der Waals surface area contributed by atoms with E-state index in [1.165, 1.54) is 11.1 Å². The Morgan fingerprint density at radius 3 is 2.46 bits per heavy atom. The van der Waals surface area contributed by atoms with E-state index >= 15 is 0 Å². The van der Waals surface area contributed by atoms with Crippen LogP contribution < -0.4 is 0 Å². The molecule has 0 aromatic heterocycles. The molecule has 24 heavy (non-hydrogen) atoms. The molecule has 0 saturated carbocycles. The Hall–Kier alpha value is -2.10. The maximum Gasteiger partial charge on any atom is 0.334 e. The summed E-state index contributed by atoms with van der Waals surface area (Å²) < 4.78 is 5.39. The molecule has 1 fully saturated rings. The first-order chi connectivity index (χ1) is 11.4. The summed E-state index contributed by atoms with van der Waals surface area (Å²) in [5.74, 6) is -1.49. The van der Waals surface area contributed by atoms with Gasteiger partial charge in [0.25, 0.3) is 0 Å². The molecule has 2 atom stereocenters. The van der Waals surface area contributed by atoms with Crippen LogP contribution in [0.15, 0.2) is 47.1 Å². The molecule has 130 valence electrons. The zero-order valence-corrected chi connectivity index (χ0v) is 14.5. The molecule has 4 nitrogen and oxygen atoms in total. The summed E-state index contributed by atoms with van der Waals surface area (Å²) in [6.45, 7) is 8.02. The summed E-state index contributed by atoms with van der Waals surface area (Å²) in [7, 11) is 0. The largest absolute Gasteiger partial charge is 0.478 e. The van der Waals surface area contributed by atoms with Gasteiger partial charge in [-0.05, 0) is 46.0 Å². The van der Waals surface area contributed by atoms with E-state index in [1.807, 2.05) is 0 Å². The summed E-state index contributed by atoms with van der Waals surface area (Å²) in [5, 5.41) is 9.45. The molecule has 1 saturated heterocycles. The molecule has 0 bridgehead atoms. The van der Waals surface area contributed by atoms with Crippen molar-refractivity contribution >= 4 is 11.9 Å². The van der Waals surface area contributed by atoms with Gasteiger partial charge in [-0.2, -0.15) is 0 Å². The molecule has 1 aliphatic carbocycles. The van der Waals surface area contributed by atoms with Gasteiger partial charge in [0.15, 0.2) is 0 Å². The van der Waals surface area contributed by atoms with Crippen LogP contribution in [0.2, 0.25) is 0 Å². The predicted molar refractivity (Wildman–Crippen MR) is 93.4 cm³/mol. The lowest BCUT2D eigenvalue weighted by Gasteiger charge is -2.17. The highest BCUT2D eigenvalue weighted by atomic mass is 16.6. The Balaban J connectivity index is 2.28. The van der Waals surface area contributed by atoms with Gasteiger partial charge in [-0.1, -0.05) is 36.0 Å². The molecular formula is C20H26O4. The zero-order chi connectivity index (χ0) is 17.7. The molecular weight excluding hydrogens is 304 g/mol. The highest BCUT2D eigenvalue weighted by Gasteiger charge is 2.38. The Kier molecular flexibility index (Phi) is 6.18. The minimum atomic E-state index is -0.942. The molecule has 0 spiro atoms. The van der Waals surface area contributed by atoms with Crippen molar-refractivity contribution in [3.63, 3.8) is 0 Å². The number of esters is 1. The van der Waals surface area contributed by atoms with Crippen LogP contribution in [0.5, 0.6) is 0 Å². The molecule has 1 N–H and O–H groups in total. The van der Waals surface area contributed by atoms with Crippen LogP contribution in [0.4, 0.5) is 0 Å². The second-order valence-electron chi connectivity index (χ2n) is 6.73. The van der Waals surface area contributed by atoms with Gasteiger partial charge in [0.05, 0.1) is 0 Å². The number of allylic oxidation sites excluding steroid dienone is 5. The molecule has 0 aromatic rings. The van der Waals surface area contributed by atoms with Gasteiger partial charge in [-0.3, -0.25) is 0 Å². The molecule has 0 unspecified atom stereocenters. The number of aliphatic carboxylic acids is 1. The van der Waals surface area contributed by atoms with Crippen molar-refractivity contribution in [2.45, 2.75) is 58.5 Å². The van der Waals surface area contributed by atoms with Gasteiger partial charge in [-0.15, -0.1) is 0 Å². The van der Waals surface area contributed by atoms with E-state index in [1.54, 1.807) is 6.08 Å². The van der Waals surface area contributed by atoms with E-state index < -0.39 is 18.0 Å². The molecule has 4 heteroatoms. The average molecular weight is 330 g/mol. The number of carboxylic acids is 1. The van der Waals surface area contributed by atoms with Crippen LogP contribution in [-0.4, -0.2) is 23.1 Å². The lowest BCUT2D eigenvalue weighted by molar-refractivity contribution is -0.140. The fourth-order valence-corrected chi connectivity index (χ4v) is 3.18. The van der Waals surface area contributed by atoms with Gasteiger partial charge in [0, 0.05) is 23.5 Å². The summed E-state index contributed by atoms with van der Waals surface area (Å²) in [4.78, 5) is 23.4. The lowest BCUT2D eigenvalue weighted by atomic mass is 9.88. The van der Waals surface area contributed by atoms with E-state index in [0.29, 0.717) is 24.0 Å². The van der Waals surface area contributed by atoms with Crippen molar-refractivity contribution < 1.29 is 19.4 Å². The van der Waals surface area contributed by atoms with E-state index in [9.17, 15) is 14.7 Å². The highest BCUT2D eigenvalue weighted by Crippen LogP contribution is 2.34. The molecule has 2 aliphatic rings. The number of hydrogen-bond donors (Lipinski definition) is 1. The third-order valence-corrected chi connectivity index (χ3v) is 4.79. The Morgan fingerprint density at radius 1 is 1.17 bits per heavy atom. The average Bonchev–Trinajstić information content (AvgIpc) is 2.78. The van der Waals surface area contributed by atoms with Crippen LogP contribution in [0.1, 0.15) is 52.4 Å². The van der Waals surface area contributed by atoms with Crippen molar-refractivity contribution in [3.05, 3.63) is 47.1 Å². The minimum absolute atomic E-state index is 0.143. The van der Waals surface area contributed by atoms with Crippen LogP contribution in [0.25, 0.3) is 0 Å². The number of carboxylic acid groups (broad SMARTS) is 1. The second kappa shape index (κ2) is 8.13. The number of hydrogen-bond acceptors (Lipinski definition) is 3. The number of ether oxygens (including phenoxy) is 1. The van der Waals surface area contributed by atoms with Gasteiger partial charge in [0.1, 0.15) is 6.10 Å². The number of carbonyl (C=O) groups excluding carboxylic acids is 1. The smallest absolute Gasteiger partial charge is 0.334 e. The van der Waals surface area contributed by atoms with Gasteiger partial charge >= 0.3 is 11.9 Å². The highest BCUT2D eigenvalue weighted by molar-refractivity contribution is 5.91. The first-order valence-corrected chi connectivity index (χ1v) is 8.52. The monoisotopic (exact) mass is 330 g/mol. The molecule has 1 heterocycles. The zero-order valence-electron chi connectivity index (χ0n) is 14.5. The third-order valence-electron chi connectivity index (χ3n) is 4.79. The topological polar surface area (TPSA) is 63.6 Å². The Morgan fingerprint density at radius 2 is 1.79 bits per heavy atom. The maximum atomic E-state index is 11.9. The third kappa shape index (κ3) is 4.70. The van der Waals surface area contributed by atoms with E-state index in [-0.39, 0.29) is 12.3 Å². The normalized spacial score (nSPS) is 33.0. The summed E-state index contributed by atoms with van der Waals surface area (Å²) in [6.07, 6.45) is 10.1. The fraction of sp³-hybridized carbons (Fsp3) is 0.500. The van der Waals surface area contributed by atoms with Crippen molar-refractivity contribution in [2.24, 2.45) is 5.92 Å². The van der Waals surface area contributed by atoms with Gasteiger partial charge in [0.2, 0.25) is 0 Å². The molecule has 2 rings (SSSR count). The van der Waals surface area contributed by atoms with Crippen LogP contribution in [-0.2, 0) is 14.3 Å². The van der Waals surface area contributed by atoms with Crippen molar-refractivity contribution in [1.29, 1.82) is 0 Å². The second-order valence-corrected chi connectivity index (χ2v) is 6.73. The van der Waals surface area contributed by atoms with E-state index in [2.05, 4.69) is 32.6 Å². The van der Waals surface area contributed by atoms with Gasteiger partial charge < -0.3 is 9.84 Å². The predicted octanol–water partition coefficient (Wildman–Crippen LogP) is 4.34. The van der Waals surface area contributed by atoms with Crippen molar-refractivity contribution in [1.82, 2.24) is 0 Å².